The van der Waals surface area contributed by atoms with Crippen LogP contribution in [0.2, 0.25) is 5.02 Å². The van der Waals surface area contributed by atoms with E-state index in [0.717, 1.165) is 24.1 Å². The number of carbonyl (C=O) groups is 1. The van der Waals surface area contributed by atoms with E-state index in [1.165, 1.54) is 0 Å². The van der Waals surface area contributed by atoms with Crippen molar-refractivity contribution in [2.24, 2.45) is 0 Å². The van der Waals surface area contributed by atoms with E-state index < -0.39 is 6.04 Å². The Bertz CT molecular complexity index is 534. The maximum Gasteiger partial charge on any atom is 0.245 e. The van der Waals surface area contributed by atoms with Crippen molar-refractivity contribution in [1.82, 2.24) is 5.32 Å². The third-order valence-electron chi connectivity index (χ3n) is 3.88. The fraction of sp³-hybridized carbons (Fsp3) is 0.533. The van der Waals surface area contributed by atoms with Crippen molar-refractivity contribution in [3.8, 4) is 0 Å². The average Bonchev–Trinajstić information content (AvgIpc) is 3.31. The van der Waals surface area contributed by atoms with Crippen LogP contribution in [0.15, 0.2) is 18.2 Å². The Kier molecular flexibility index (Phi) is 4.33. The molecule has 2 aliphatic rings. The second-order valence-electron chi connectivity index (χ2n) is 5.47. The number of benzene rings is 1. The van der Waals surface area contributed by atoms with Crippen molar-refractivity contribution in [3.63, 3.8) is 0 Å². The molecule has 1 aliphatic heterocycles. The minimum Gasteiger partial charge on any atom is -0.392 e. The molecule has 0 aromatic heterocycles. The van der Waals surface area contributed by atoms with E-state index >= 15 is 0 Å². The number of anilines is 1. The molecule has 2 fully saturated rings. The van der Waals surface area contributed by atoms with Crippen molar-refractivity contribution in [1.29, 1.82) is 0 Å². The highest BCUT2D eigenvalue weighted by Crippen LogP contribution is 2.32. The predicted molar refractivity (Wildman–Crippen MR) is 80.5 cm³/mol. The molecule has 1 aromatic rings. The maximum absolute atomic E-state index is 12.4. The van der Waals surface area contributed by atoms with Gasteiger partial charge in [-0.15, -0.1) is 0 Å². The first-order valence-electron chi connectivity index (χ1n) is 7.23. The van der Waals surface area contributed by atoms with Gasteiger partial charge in [0.25, 0.3) is 0 Å². The largest absolute Gasteiger partial charge is 0.392 e. The van der Waals surface area contributed by atoms with Gasteiger partial charge in [-0.1, -0.05) is 23.7 Å². The standard InChI is InChI=1S/C15H19ClN2O3/c16-12-3-1-2-10(8-19)14(12)18-6-7-21-9-13(18)15(20)17-11-4-5-11/h1-3,11,13,19H,4-9H2,(H,17,20). The monoisotopic (exact) mass is 310 g/mol. The van der Waals surface area contributed by atoms with Gasteiger partial charge in [0.2, 0.25) is 5.91 Å². The Hall–Kier alpha value is -1.30. The Morgan fingerprint density at radius 3 is 3.00 bits per heavy atom. The molecule has 1 aliphatic carbocycles. The molecule has 1 saturated carbocycles. The Morgan fingerprint density at radius 2 is 2.29 bits per heavy atom. The van der Waals surface area contributed by atoms with Crippen LogP contribution in [0.4, 0.5) is 5.69 Å². The third-order valence-corrected chi connectivity index (χ3v) is 4.19. The highest BCUT2D eigenvalue weighted by molar-refractivity contribution is 6.33. The molecule has 1 unspecified atom stereocenters. The van der Waals surface area contributed by atoms with Gasteiger partial charge in [0.05, 0.1) is 30.5 Å². The second kappa shape index (κ2) is 6.22. The van der Waals surface area contributed by atoms with Crippen LogP contribution in [-0.4, -0.2) is 42.9 Å². The molecule has 21 heavy (non-hydrogen) atoms. The van der Waals surface area contributed by atoms with E-state index in [2.05, 4.69) is 5.32 Å². The quantitative estimate of drug-likeness (QED) is 0.880. The van der Waals surface area contributed by atoms with Gasteiger partial charge in [-0.3, -0.25) is 4.79 Å². The van der Waals surface area contributed by atoms with Crippen LogP contribution < -0.4 is 10.2 Å². The van der Waals surface area contributed by atoms with Gasteiger partial charge in [-0.25, -0.2) is 0 Å². The normalized spacial score (nSPS) is 22.2. The number of aliphatic hydroxyl groups excluding tert-OH is 1. The van der Waals surface area contributed by atoms with Crippen LogP contribution in [0, 0.1) is 0 Å². The number of halogens is 1. The van der Waals surface area contributed by atoms with Crippen molar-refractivity contribution in [2.75, 3.05) is 24.7 Å². The highest BCUT2D eigenvalue weighted by atomic mass is 35.5. The molecule has 114 valence electrons. The zero-order valence-electron chi connectivity index (χ0n) is 11.7. The number of amides is 1. The number of nitrogens with zero attached hydrogens (tertiary/aromatic N) is 1. The number of hydrogen-bond acceptors (Lipinski definition) is 4. The highest BCUT2D eigenvalue weighted by Gasteiger charge is 2.34. The average molecular weight is 311 g/mol. The molecule has 1 amide bonds. The van der Waals surface area contributed by atoms with Gasteiger partial charge in [-0.05, 0) is 18.9 Å². The molecule has 5 nitrogen and oxygen atoms in total. The van der Waals surface area contributed by atoms with Crippen LogP contribution in [0.25, 0.3) is 0 Å². The molecule has 0 radical (unpaired) electrons. The Balaban J connectivity index is 1.88. The summed E-state index contributed by atoms with van der Waals surface area (Å²) in [5.74, 6) is -0.0268. The number of ether oxygens (including phenoxy) is 1. The number of rotatable bonds is 4. The van der Waals surface area contributed by atoms with E-state index in [1.54, 1.807) is 12.1 Å². The molecule has 1 heterocycles. The molecule has 0 bridgehead atoms. The van der Waals surface area contributed by atoms with Crippen LogP contribution in [0.5, 0.6) is 0 Å². The van der Waals surface area contributed by atoms with Crippen LogP contribution in [-0.2, 0) is 16.1 Å². The number of para-hydroxylation sites is 1. The van der Waals surface area contributed by atoms with Crippen molar-refractivity contribution < 1.29 is 14.6 Å². The summed E-state index contributed by atoms with van der Waals surface area (Å²) >= 11 is 6.30. The third kappa shape index (κ3) is 3.15. The van der Waals surface area contributed by atoms with Crippen molar-refractivity contribution in [2.45, 2.75) is 31.5 Å². The van der Waals surface area contributed by atoms with Crippen molar-refractivity contribution >= 4 is 23.2 Å². The van der Waals surface area contributed by atoms with Gasteiger partial charge < -0.3 is 20.1 Å². The topological polar surface area (TPSA) is 61.8 Å². The lowest BCUT2D eigenvalue weighted by Gasteiger charge is -2.37. The molecule has 1 atom stereocenters. The van der Waals surface area contributed by atoms with E-state index in [0.29, 0.717) is 30.8 Å². The summed E-state index contributed by atoms with van der Waals surface area (Å²) < 4.78 is 5.46. The van der Waals surface area contributed by atoms with Crippen LogP contribution >= 0.6 is 11.6 Å². The zero-order valence-corrected chi connectivity index (χ0v) is 12.5. The maximum atomic E-state index is 12.4. The van der Waals surface area contributed by atoms with Crippen molar-refractivity contribution in [3.05, 3.63) is 28.8 Å². The van der Waals surface area contributed by atoms with Crippen LogP contribution in [0.1, 0.15) is 18.4 Å². The van der Waals surface area contributed by atoms with Crippen LogP contribution in [0.3, 0.4) is 0 Å². The first kappa shape index (κ1) is 14.6. The van der Waals surface area contributed by atoms with E-state index in [4.69, 9.17) is 16.3 Å². The summed E-state index contributed by atoms with van der Waals surface area (Å²) in [5.41, 5.74) is 1.47. The lowest BCUT2D eigenvalue weighted by molar-refractivity contribution is -0.124. The molecular formula is C15H19ClN2O3. The fourth-order valence-electron chi connectivity index (χ4n) is 2.62. The minimum absolute atomic E-state index is 0.0268. The summed E-state index contributed by atoms with van der Waals surface area (Å²) in [6.45, 7) is 1.36. The van der Waals surface area contributed by atoms with E-state index in [-0.39, 0.29) is 12.5 Å². The van der Waals surface area contributed by atoms with Gasteiger partial charge in [-0.2, -0.15) is 0 Å². The molecule has 1 saturated heterocycles. The number of nitrogens with one attached hydrogen (secondary N) is 1. The Labute approximate surface area is 128 Å². The Morgan fingerprint density at radius 1 is 1.48 bits per heavy atom. The number of carbonyl (C=O) groups excluding carboxylic acids is 1. The number of hydrogen-bond donors (Lipinski definition) is 2. The molecule has 1 aromatic carbocycles. The van der Waals surface area contributed by atoms with Gasteiger partial charge >= 0.3 is 0 Å². The summed E-state index contributed by atoms with van der Waals surface area (Å²) in [7, 11) is 0. The first-order chi connectivity index (χ1) is 10.2. The first-order valence-corrected chi connectivity index (χ1v) is 7.61. The molecule has 0 spiro atoms. The number of aliphatic hydroxyl groups is 1. The summed E-state index contributed by atoms with van der Waals surface area (Å²) in [6.07, 6.45) is 2.10. The van der Waals surface area contributed by atoms with Gasteiger partial charge in [0.15, 0.2) is 0 Å². The van der Waals surface area contributed by atoms with E-state index in [9.17, 15) is 9.90 Å². The fourth-order valence-corrected chi connectivity index (χ4v) is 2.93. The molecule has 6 heteroatoms. The molecule has 3 rings (SSSR count). The minimum atomic E-state index is -0.399. The van der Waals surface area contributed by atoms with Gasteiger partial charge in [0, 0.05) is 18.2 Å². The lowest BCUT2D eigenvalue weighted by atomic mass is 10.1. The second-order valence-corrected chi connectivity index (χ2v) is 5.88. The molecule has 2 N–H and O–H groups in total. The summed E-state index contributed by atoms with van der Waals surface area (Å²) in [6, 6.07) is 5.32. The number of morpholine rings is 1. The summed E-state index contributed by atoms with van der Waals surface area (Å²) in [5, 5.41) is 13.1. The van der Waals surface area contributed by atoms with Gasteiger partial charge in [0.1, 0.15) is 6.04 Å². The lowest BCUT2D eigenvalue weighted by Crippen LogP contribution is -2.54. The SMILES string of the molecule is O=C(NC1CC1)C1COCCN1c1c(Cl)cccc1CO. The van der Waals surface area contributed by atoms with E-state index in [1.807, 2.05) is 11.0 Å². The molecular weight excluding hydrogens is 292 g/mol. The summed E-state index contributed by atoms with van der Waals surface area (Å²) in [4.78, 5) is 14.4. The zero-order chi connectivity index (χ0) is 14.8. The predicted octanol–water partition coefficient (Wildman–Crippen LogP) is 1.32. The smallest absolute Gasteiger partial charge is 0.245 e.